The molecule has 1 aliphatic heterocycles. The van der Waals surface area contributed by atoms with E-state index in [-0.39, 0.29) is 24.7 Å². The maximum atomic E-state index is 14.1. The van der Waals surface area contributed by atoms with Gasteiger partial charge < -0.3 is 10.0 Å². The number of alkyl halides is 3. The van der Waals surface area contributed by atoms with Crippen LogP contribution in [-0.4, -0.2) is 50.6 Å². The average Bonchev–Trinajstić information content (AvgIpc) is 3.09. The molecule has 10 heteroatoms. The van der Waals surface area contributed by atoms with Crippen molar-refractivity contribution in [2.24, 2.45) is 0 Å². The Labute approximate surface area is 157 Å². The molecule has 0 spiro atoms. The number of halogens is 5. The Hall–Kier alpha value is -2.49. The van der Waals surface area contributed by atoms with Crippen molar-refractivity contribution in [1.29, 1.82) is 0 Å². The highest BCUT2D eigenvalue weighted by molar-refractivity contribution is 5.85. The number of rotatable bonds is 3. The minimum atomic E-state index is -5.07. The molecule has 152 valence electrons. The first-order chi connectivity index (χ1) is 13.0. The number of benzene rings is 1. The lowest BCUT2D eigenvalue weighted by Crippen LogP contribution is -2.57. The molecule has 3 rings (SSSR count). The Balaban J connectivity index is 1.75. The number of carbonyl (C=O) groups excluding carboxylic acids is 1. The van der Waals surface area contributed by atoms with Gasteiger partial charge >= 0.3 is 6.18 Å². The molecule has 0 radical (unpaired) electrons. The van der Waals surface area contributed by atoms with Gasteiger partial charge in [0, 0.05) is 37.0 Å². The van der Waals surface area contributed by atoms with Crippen LogP contribution >= 0.6 is 0 Å². The zero-order valence-corrected chi connectivity index (χ0v) is 14.9. The molecule has 0 unspecified atom stereocenters. The predicted octanol–water partition coefficient (Wildman–Crippen LogP) is 3.17. The van der Waals surface area contributed by atoms with E-state index >= 15 is 0 Å². The Morgan fingerprint density at radius 1 is 1.18 bits per heavy atom. The first kappa shape index (κ1) is 20.2. The Kier molecular flexibility index (Phi) is 5.18. The number of amides is 1. The second-order valence-electron chi connectivity index (χ2n) is 6.90. The van der Waals surface area contributed by atoms with Crippen LogP contribution in [0.25, 0.3) is 5.69 Å². The van der Waals surface area contributed by atoms with Crippen molar-refractivity contribution in [2.75, 3.05) is 13.1 Å². The van der Waals surface area contributed by atoms with Crippen LogP contribution in [-0.2, 0) is 4.79 Å². The number of piperidine rings is 1. The van der Waals surface area contributed by atoms with E-state index in [1.807, 2.05) is 0 Å². The first-order valence-corrected chi connectivity index (χ1v) is 8.60. The molecule has 0 bridgehead atoms. The molecule has 28 heavy (non-hydrogen) atoms. The molecule has 1 atom stereocenters. The number of hydrogen-bond acceptors (Lipinski definition) is 3. The summed E-state index contributed by atoms with van der Waals surface area (Å²) >= 11 is 0. The molecule has 1 saturated heterocycles. The fraction of sp³-hybridized carbons (Fsp3) is 0.444. The molecule has 1 aromatic heterocycles. The van der Waals surface area contributed by atoms with E-state index in [2.05, 4.69) is 5.10 Å². The number of nitrogens with zero attached hydrogens (tertiary/aromatic N) is 3. The molecule has 2 heterocycles. The van der Waals surface area contributed by atoms with Gasteiger partial charge in [0.25, 0.3) is 5.91 Å². The summed E-state index contributed by atoms with van der Waals surface area (Å²) in [5.74, 6) is -3.10. The van der Waals surface area contributed by atoms with Crippen LogP contribution in [0, 0.1) is 11.6 Å². The molecule has 1 N–H and O–H groups in total. The van der Waals surface area contributed by atoms with Crippen molar-refractivity contribution in [2.45, 2.75) is 37.5 Å². The SMILES string of the molecule is C[C@@](O)(C(=O)N1CCC(c2ccnn2-c2ccc(F)cc2F)CC1)C(F)(F)F. The maximum Gasteiger partial charge on any atom is 0.426 e. The van der Waals surface area contributed by atoms with E-state index in [1.54, 1.807) is 6.07 Å². The second-order valence-corrected chi connectivity index (χ2v) is 6.90. The maximum absolute atomic E-state index is 14.1. The van der Waals surface area contributed by atoms with Gasteiger partial charge in [-0.25, -0.2) is 13.5 Å². The largest absolute Gasteiger partial charge is 0.426 e. The van der Waals surface area contributed by atoms with Crippen molar-refractivity contribution >= 4 is 5.91 Å². The number of carbonyl (C=O) groups is 1. The number of aliphatic hydroxyl groups is 1. The summed E-state index contributed by atoms with van der Waals surface area (Å²) in [6, 6.07) is 4.74. The molecule has 1 aromatic carbocycles. The minimum absolute atomic E-state index is 0.00676. The van der Waals surface area contributed by atoms with Gasteiger partial charge in [-0.05, 0) is 38.0 Å². The fourth-order valence-electron chi connectivity index (χ4n) is 3.28. The molecule has 5 nitrogen and oxygen atoms in total. The summed E-state index contributed by atoms with van der Waals surface area (Å²) in [6.07, 6.45) is -2.99. The van der Waals surface area contributed by atoms with Gasteiger partial charge in [0.2, 0.25) is 5.60 Å². The van der Waals surface area contributed by atoms with Gasteiger partial charge in [0.05, 0.1) is 0 Å². The number of likely N-dealkylation sites (tertiary alicyclic amines) is 1. The van der Waals surface area contributed by atoms with Crippen LogP contribution in [0.4, 0.5) is 22.0 Å². The second kappa shape index (κ2) is 7.16. The monoisotopic (exact) mass is 403 g/mol. The molecule has 1 aliphatic rings. The third-order valence-corrected chi connectivity index (χ3v) is 4.98. The van der Waals surface area contributed by atoms with E-state index in [0.717, 1.165) is 17.0 Å². The smallest absolute Gasteiger partial charge is 0.373 e. The van der Waals surface area contributed by atoms with Gasteiger partial charge in [-0.2, -0.15) is 18.3 Å². The highest BCUT2D eigenvalue weighted by Crippen LogP contribution is 2.35. The first-order valence-electron chi connectivity index (χ1n) is 8.60. The van der Waals surface area contributed by atoms with Gasteiger partial charge in [-0.1, -0.05) is 0 Å². The van der Waals surface area contributed by atoms with E-state index in [0.29, 0.717) is 25.5 Å². The lowest BCUT2D eigenvalue weighted by Gasteiger charge is -2.36. The predicted molar refractivity (Wildman–Crippen MR) is 88.7 cm³/mol. The Morgan fingerprint density at radius 2 is 1.82 bits per heavy atom. The van der Waals surface area contributed by atoms with E-state index < -0.39 is 29.3 Å². The summed E-state index contributed by atoms with van der Waals surface area (Å²) in [6.45, 7) is 0.452. The van der Waals surface area contributed by atoms with Crippen LogP contribution in [0.3, 0.4) is 0 Å². The minimum Gasteiger partial charge on any atom is -0.373 e. The van der Waals surface area contributed by atoms with Gasteiger partial charge in [0.15, 0.2) is 5.82 Å². The van der Waals surface area contributed by atoms with Crippen molar-refractivity contribution in [3.8, 4) is 5.69 Å². The standard InChI is InChI=1S/C18H18F5N3O2/c1-17(28,18(21,22)23)16(27)25-8-5-11(6-9-25)14-4-7-24-26(14)15-3-2-12(19)10-13(15)20/h2-4,7,10-11,28H,5-6,8-9H2,1H3/t17-/m1/s1. The quantitative estimate of drug-likeness (QED) is 0.801. The molecule has 0 aliphatic carbocycles. The molecule has 1 amide bonds. The van der Waals surface area contributed by atoms with Crippen molar-refractivity contribution in [3.05, 3.63) is 47.8 Å². The zero-order chi connectivity index (χ0) is 20.7. The highest BCUT2D eigenvalue weighted by atomic mass is 19.4. The van der Waals surface area contributed by atoms with Crippen LogP contribution < -0.4 is 0 Å². The van der Waals surface area contributed by atoms with Gasteiger partial charge in [-0.3, -0.25) is 4.79 Å². The fourth-order valence-corrected chi connectivity index (χ4v) is 3.28. The van der Waals surface area contributed by atoms with Crippen LogP contribution in [0.1, 0.15) is 31.4 Å². The normalized spacial score (nSPS) is 18.2. The highest BCUT2D eigenvalue weighted by Gasteiger charge is 2.57. The average molecular weight is 403 g/mol. The molecular weight excluding hydrogens is 385 g/mol. The Bertz CT molecular complexity index is 870. The molecule has 2 aromatic rings. The summed E-state index contributed by atoms with van der Waals surface area (Å²) < 4.78 is 67.2. The molecule has 1 fully saturated rings. The van der Waals surface area contributed by atoms with Crippen LogP contribution in [0.5, 0.6) is 0 Å². The number of aromatic nitrogens is 2. The summed E-state index contributed by atoms with van der Waals surface area (Å²) in [5, 5.41) is 13.6. The Morgan fingerprint density at radius 3 is 2.39 bits per heavy atom. The van der Waals surface area contributed by atoms with E-state index in [4.69, 9.17) is 0 Å². The van der Waals surface area contributed by atoms with Crippen LogP contribution in [0.15, 0.2) is 30.5 Å². The number of hydrogen-bond donors (Lipinski definition) is 1. The van der Waals surface area contributed by atoms with Gasteiger partial charge in [-0.15, -0.1) is 0 Å². The van der Waals surface area contributed by atoms with Crippen molar-refractivity contribution in [3.63, 3.8) is 0 Å². The summed E-state index contributed by atoms with van der Waals surface area (Å²) in [7, 11) is 0. The zero-order valence-electron chi connectivity index (χ0n) is 14.9. The van der Waals surface area contributed by atoms with Crippen molar-refractivity contribution in [1.82, 2.24) is 14.7 Å². The molecule has 0 saturated carbocycles. The summed E-state index contributed by atoms with van der Waals surface area (Å²) in [5.41, 5.74) is -2.78. The topological polar surface area (TPSA) is 58.4 Å². The third-order valence-electron chi connectivity index (χ3n) is 4.98. The third kappa shape index (κ3) is 3.60. The van der Waals surface area contributed by atoms with Gasteiger partial charge in [0.1, 0.15) is 11.5 Å². The van der Waals surface area contributed by atoms with E-state index in [9.17, 15) is 31.9 Å². The van der Waals surface area contributed by atoms with Crippen LogP contribution in [0.2, 0.25) is 0 Å². The summed E-state index contributed by atoms with van der Waals surface area (Å²) in [4.78, 5) is 13.1. The molecular formula is C18H18F5N3O2. The van der Waals surface area contributed by atoms with Crippen molar-refractivity contribution < 1.29 is 31.9 Å². The van der Waals surface area contributed by atoms with E-state index in [1.165, 1.54) is 16.9 Å². The lowest BCUT2D eigenvalue weighted by molar-refractivity contribution is -0.250. The lowest BCUT2D eigenvalue weighted by atomic mass is 9.92.